The van der Waals surface area contributed by atoms with E-state index >= 15 is 0 Å². The van der Waals surface area contributed by atoms with Crippen LogP contribution in [-0.4, -0.2) is 22.1 Å². The van der Waals surface area contributed by atoms with Crippen molar-refractivity contribution >= 4 is 18.3 Å². The first-order valence-electron chi connectivity index (χ1n) is 9.02. The van der Waals surface area contributed by atoms with Gasteiger partial charge < -0.3 is 15.6 Å². The van der Waals surface area contributed by atoms with Crippen LogP contribution in [0, 0.1) is 5.92 Å². The molecule has 1 unspecified atom stereocenters. The minimum Gasteiger partial charge on any atom is -0.345 e. The summed E-state index contributed by atoms with van der Waals surface area (Å²) in [7, 11) is 0. The van der Waals surface area contributed by atoms with Crippen LogP contribution in [0.2, 0.25) is 0 Å². The summed E-state index contributed by atoms with van der Waals surface area (Å²) in [5.74, 6) is 2.06. The normalized spacial score (nSPS) is 25.9. The van der Waals surface area contributed by atoms with E-state index in [0.717, 1.165) is 37.9 Å². The lowest BCUT2D eigenvalue weighted by Crippen LogP contribution is -2.33. The van der Waals surface area contributed by atoms with E-state index in [9.17, 15) is 4.79 Å². The maximum atomic E-state index is 12.2. The number of halogens is 1. The standard InChI is InChI=1S/C17H28N4O2.ClH/c1-11(19-15(22)10-13-8-5-9-14(13)18)17-20-16(21-23-17)12-6-3-2-4-7-12;/h11-14H,2-10,18H2,1H3,(H,19,22);1H/t11?,13-,14+;/m0./s1. The van der Waals surface area contributed by atoms with E-state index in [1.54, 1.807) is 0 Å². The Kier molecular flexibility index (Phi) is 7.04. The van der Waals surface area contributed by atoms with Gasteiger partial charge in [0.05, 0.1) is 0 Å². The van der Waals surface area contributed by atoms with Gasteiger partial charge in [0.1, 0.15) is 6.04 Å². The van der Waals surface area contributed by atoms with E-state index in [4.69, 9.17) is 10.3 Å². The highest BCUT2D eigenvalue weighted by molar-refractivity contribution is 5.85. The fourth-order valence-electron chi connectivity index (χ4n) is 3.87. The highest BCUT2D eigenvalue weighted by Gasteiger charge is 2.28. The van der Waals surface area contributed by atoms with Gasteiger partial charge in [0, 0.05) is 18.4 Å². The van der Waals surface area contributed by atoms with Crippen molar-refractivity contribution in [2.75, 3.05) is 0 Å². The van der Waals surface area contributed by atoms with E-state index < -0.39 is 0 Å². The molecule has 24 heavy (non-hydrogen) atoms. The Labute approximate surface area is 149 Å². The van der Waals surface area contributed by atoms with Crippen molar-refractivity contribution in [3.05, 3.63) is 11.7 Å². The number of nitrogens with zero attached hydrogens (tertiary/aromatic N) is 2. The maximum absolute atomic E-state index is 12.2. The number of hydrogen-bond donors (Lipinski definition) is 2. The van der Waals surface area contributed by atoms with Crippen molar-refractivity contribution in [1.82, 2.24) is 15.5 Å². The van der Waals surface area contributed by atoms with E-state index in [-0.39, 0.29) is 30.4 Å². The summed E-state index contributed by atoms with van der Waals surface area (Å²) in [4.78, 5) is 16.7. The molecule has 0 aromatic carbocycles. The van der Waals surface area contributed by atoms with Crippen LogP contribution in [0.15, 0.2) is 4.52 Å². The molecule has 2 fully saturated rings. The number of carbonyl (C=O) groups excluding carboxylic acids is 1. The van der Waals surface area contributed by atoms with Crippen molar-refractivity contribution < 1.29 is 9.32 Å². The second kappa shape index (κ2) is 8.81. The molecule has 0 spiro atoms. The second-order valence-corrected chi connectivity index (χ2v) is 7.17. The first-order valence-corrected chi connectivity index (χ1v) is 9.02. The molecule has 3 rings (SSSR count). The molecule has 3 atom stereocenters. The fraction of sp³-hybridized carbons (Fsp3) is 0.824. The molecule has 0 bridgehead atoms. The molecule has 0 radical (unpaired) electrons. The minimum absolute atomic E-state index is 0. The highest BCUT2D eigenvalue weighted by atomic mass is 35.5. The van der Waals surface area contributed by atoms with Crippen LogP contribution < -0.4 is 11.1 Å². The number of rotatable bonds is 5. The van der Waals surface area contributed by atoms with Crippen molar-refractivity contribution in [2.24, 2.45) is 11.7 Å². The molecule has 2 saturated carbocycles. The third-order valence-corrected chi connectivity index (χ3v) is 5.34. The Morgan fingerprint density at radius 1 is 1.25 bits per heavy atom. The first-order chi connectivity index (χ1) is 11.1. The van der Waals surface area contributed by atoms with Crippen LogP contribution in [0.4, 0.5) is 0 Å². The number of nitrogens with two attached hydrogens (primary N) is 1. The summed E-state index contributed by atoms with van der Waals surface area (Å²) in [5, 5.41) is 7.10. The predicted molar refractivity (Wildman–Crippen MR) is 93.9 cm³/mol. The predicted octanol–water partition coefficient (Wildman–Crippen LogP) is 3.23. The highest BCUT2D eigenvalue weighted by Crippen LogP contribution is 2.31. The molecule has 1 aromatic rings. The summed E-state index contributed by atoms with van der Waals surface area (Å²) in [5.41, 5.74) is 6.03. The summed E-state index contributed by atoms with van der Waals surface area (Å²) < 4.78 is 5.37. The maximum Gasteiger partial charge on any atom is 0.248 e. The third-order valence-electron chi connectivity index (χ3n) is 5.34. The average Bonchev–Trinajstić information content (AvgIpc) is 3.18. The number of hydrogen-bond acceptors (Lipinski definition) is 5. The zero-order chi connectivity index (χ0) is 16.2. The lowest BCUT2D eigenvalue weighted by molar-refractivity contribution is -0.122. The molecular formula is C17H29ClN4O2. The van der Waals surface area contributed by atoms with Crippen LogP contribution in [0.3, 0.4) is 0 Å². The van der Waals surface area contributed by atoms with Crippen LogP contribution in [0.1, 0.15) is 88.4 Å². The van der Waals surface area contributed by atoms with Crippen molar-refractivity contribution in [1.29, 1.82) is 0 Å². The summed E-state index contributed by atoms with van der Waals surface area (Å²) in [6.07, 6.45) is 9.76. The molecular weight excluding hydrogens is 328 g/mol. The summed E-state index contributed by atoms with van der Waals surface area (Å²) >= 11 is 0. The van der Waals surface area contributed by atoms with Gasteiger partial charge in [-0.25, -0.2) is 0 Å². The largest absolute Gasteiger partial charge is 0.345 e. The number of aromatic nitrogens is 2. The Morgan fingerprint density at radius 3 is 2.67 bits per heavy atom. The molecule has 1 aromatic heterocycles. The molecule has 2 aliphatic rings. The Hall–Kier alpha value is -1.14. The van der Waals surface area contributed by atoms with Crippen molar-refractivity contribution in [3.8, 4) is 0 Å². The molecule has 2 aliphatic carbocycles. The first kappa shape index (κ1) is 19.2. The zero-order valence-corrected chi connectivity index (χ0v) is 15.2. The van der Waals surface area contributed by atoms with Crippen molar-refractivity contribution in [3.63, 3.8) is 0 Å². The fourth-order valence-corrected chi connectivity index (χ4v) is 3.87. The molecule has 7 heteroatoms. The van der Waals surface area contributed by atoms with E-state index in [0.29, 0.717) is 24.1 Å². The van der Waals surface area contributed by atoms with Gasteiger partial charge in [0.15, 0.2) is 5.82 Å². The number of amides is 1. The Morgan fingerprint density at radius 2 is 2.00 bits per heavy atom. The zero-order valence-electron chi connectivity index (χ0n) is 14.4. The van der Waals surface area contributed by atoms with Crippen molar-refractivity contribution in [2.45, 2.75) is 82.7 Å². The molecule has 0 aliphatic heterocycles. The van der Waals surface area contributed by atoms with E-state index in [1.165, 1.54) is 19.3 Å². The van der Waals surface area contributed by atoms with Gasteiger partial charge in [-0.3, -0.25) is 4.79 Å². The van der Waals surface area contributed by atoms with Gasteiger partial charge >= 0.3 is 0 Å². The van der Waals surface area contributed by atoms with E-state index in [1.807, 2.05) is 6.92 Å². The van der Waals surface area contributed by atoms with Gasteiger partial charge in [-0.1, -0.05) is 30.8 Å². The van der Waals surface area contributed by atoms with Gasteiger partial charge in [0.25, 0.3) is 0 Å². The van der Waals surface area contributed by atoms with Gasteiger partial charge in [0.2, 0.25) is 11.8 Å². The number of nitrogens with one attached hydrogen (secondary N) is 1. The smallest absolute Gasteiger partial charge is 0.248 e. The Balaban J connectivity index is 0.00000208. The quantitative estimate of drug-likeness (QED) is 0.844. The molecule has 6 nitrogen and oxygen atoms in total. The number of carbonyl (C=O) groups is 1. The average molecular weight is 357 g/mol. The molecule has 3 N–H and O–H groups in total. The SMILES string of the molecule is CC(NC(=O)C[C@@H]1CCC[C@H]1N)c1nc(C2CCCCC2)no1.Cl. The summed E-state index contributed by atoms with van der Waals surface area (Å²) in [6.45, 7) is 1.89. The second-order valence-electron chi connectivity index (χ2n) is 7.17. The third kappa shape index (κ3) is 4.70. The lowest BCUT2D eigenvalue weighted by atomic mass is 9.89. The topological polar surface area (TPSA) is 94.0 Å². The molecule has 0 saturated heterocycles. The summed E-state index contributed by atoms with van der Waals surface area (Å²) in [6, 6.07) is -0.0812. The van der Waals surface area contributed by atoms with Crippen LogP contribution in [0.5, 0.6) is 0 Å². The molecule has 1 amide bonds. The van der Waals surface area contributed by atoms with Gasteiger partial charge in [-0.15, -0.1) is 12.4 Å². The molecule has 1 heterocycles. The van der Waals surface area contributed by atoms with Crippen LogP contribution in [-0.2, 0) is 4.79 Å². The van der Waals surface area contributed by atoms with Gasteiger partial charge in [-0.05, 0) is 38.5 Å². The molecule has 136 valence electrons. The minimum atomic E-state index is -0.245. The van der Waals surface area contributed by atoms with E-state index in [2.05, 4.69) is 15.5 Å². The van der Waals surface area contributed by atoms with Crippen LogP contribution in [0.25, 0.3) is 0 Å². The monoisotopic (exact) mass is 356 g/mol. The van der Waals surface area contributed by atoms with Gasteiger partial charge in [-0.2, -0.15) is 4.98 Å². The Bertz CT molecular complexity index is 530. The van der Waals surface area contributed by atoms with Crippen LogP contribution >= 0.6 is 12.4 Å². The lowest BCUT2D eigenvalue weighted by Gasteiger charge is -2.17.